The van der Waals surface area contributed by atoms with Crippen molar-refractivity contribution >= 4 is 16.1 Å². The van der Waals surface area contributed by atoms with Gasteiger partial charge in [0, 0.05) is 0 Å². The van der Waals surface area contributed by atoms with E-state index in [0.717, 1.165) is 6.07 Å². The molecule has 0 amide bonds. The Hall–Kier alpha value is -1.66. The van der Waals surface area contributed by atoms with Gasteiger partial charge in [-0.05, 0) is 12.1 Å². The van der Waals surface area contributed by atoms with Crippen LogP contribution in [-0.4, -0.2) is 25.5 Å². The number of esters is 1. The molecule has 0 aliphatic heterocycles. The Morgan fingerprint density at radius 2 is 2.06 bits per heavy atom. The number of rotatable bonds is 4. The summed E-state index contributed by atoms with van der Waals surface area (Å²) >= 11 is 0. The Morgan fingerprint density at radius 1 is 1.44 bits per heavy atom. The first-order valence-electron chi connectivity index (χ1n) is 4.31. The van der Waals surface area contributed by atoms with Crippen LogP contribution >= 0.6 is 0 Å². The van der Waals surface area contributed by atoms with E-state index in [4.69, 9.17) is 4.55 Å². The van der Waals surface area contributed by atoms with Crippen LogP contribution in [0.1, 0.15) is 10.4 Å². The molecule has 0 radical (unpaired) electrons. The lowest BCUT2D eigenvalue weighted by Gasteiger charge is -2.05. The van der Waals surface area contributed by atoms with E-state index in [2.05, 4.69) is 11.3 Å². The highest BCUT2D eigenvalue weighted by atomic mass is 32.2. The zero-order chi connectivity index (χ0) is 12.2. The van der Waals surface area contributed by atoms with Gasteiger partial charge >= 0.3 is 5.97 Å². The number of benzene rings is 1. The fourth-order valence-electron chi connectivity index (χ4n) is 1.07. The Kier molecular flexibility index (Phi) is 3.81. The molecule has 0 bridgehead atoms. The summed E-state index contributed by atoms with van der Waals surface area (Å²) in [4.78, 5) is 11.0. The summed E-state index contributed by atoms with van der Waals surface area (Å²) in [5, 5.41) is 0. The molecule has 1 rings (SSSR count). The summed E-state index contributed by atoms with van der Waals surface area (Å²) in [6, 6.07) is 5.25. The van der Waals surface area contributed by atoms with Gasteiger partial charge in [-0.25, -0.2) is 4.79 Å². The highest BCUT2D eigenvalue weighted by Gasteiger charge is 2.20. The normalized spacial score (nSPS) is 10.8. The van der Waals surface area contributed by atoms with Crippen molar-refractivity contribution in [3.8, 4) is 0 Å². The summed E-state index contributed by atoms with van der Waals surface area (Å²) < 4.78 is 35.5. The Balaban J connectivity index is 3.14. The zero-order valence-electron chi connectivity index (χ0n) is 8.29. The van der Waals surface area contributed by atoms with Crippen LogP contribution in [0.15, 0.2) is 41.8 Å². The quantitative estimate of drug-likeness (QED) is 0.488. The molecule has 5 nitrogen and oxygen atoms in total. The van der Waals surface area contributed by atoms with Crippen molar-refractivity contribution in [2.45, 2.75) is 4.90 Å². The van der Waals surface area contributed by atoms with Gasteiger partial charge in [0.05, 0.1) is 5.56 Å². The monoisotopic (exact) mass is 242 g/mol. The standard InChI is InChI=1S/C10H10O5S/c1-2-7-15-10(11)8-5-3-4-6-9(8)16(12,13)14/h2-6H,1,7H2,(H,12,13,14). The first-order chi connectivity index (χ1) is 7.46. The van der Waals surface area contributed by atoms with Gasteiger partial charge in [0.2, 0.25) is 0 Å². The summed E-state index contributed by atoms with van der Waals surface area (Å²) in [5.74, 6) is -0.826. The maximum absolute atomic E-state index is 11.4. The minimum Gasteiger partial charge on any atom is -0.458 e. The van der Waals surface area contributed by atoms with Gasteiger partial charge in [0.1, 0.15) is 11.5 Å². The minimum absolute atomic E-state index is 0.0291. The number of hydrogen-bond acceptors (Lipinski definition) is 4. The molecule has 0 aromatic heterocycles. The molecule has 16 heavy (non-hydrogen) atoms. The highest BCUT2D eigenvalue weighted by molar-refractivity contribution is 7.86. The van der Waals surface area contributed by atoms with E-state index in [1.807, 2.05) is 0 Å². The highest BCUT2D eigenvalue weighted by Crippen LogP contribution is 2.15. The van der Waals surface area contributed by atoms with Crippen LogP contribution in [0.3, 0.4) is 0 Å². The predicted octanol–water partition coefficient (Wildman–Crippen LogP) is 1.28. The molecular formula is C10H10O5S. The fourth-order valence-corrected chi connectivity index (χ4v) is 1.75. The molecule has 0 fully saturated rings. The van der Waals surface area contributed by atoms with E-state index in [1.165, 1.54) is 24.3 Å². The molecular weight excluding hydrogens is 232 g/mol. The number of carbonyl (C=O) groups is 1. The Morgan fingerprint density at radius 3 is 2.62 bits per heavy atom. The first-order valence-corrected chi connectivity index (χ1v) is 5.75. The largest absolute Gasteiger partial charge is 0.458 e. The van der Waals surface area contributed by atoms with E-state index in [-0.39, 0.29) is 12.2 Å². The van der Waals surface area contributed by atoms with Gasteiger partial charge in [0.15, 0.2) is 0 Å². The van der Waals surface area contributed by atoms with Crippen LogP contribution < -0.4 is 0 Å². The first kappa shape index (κ1) is 12.4. The molecule has 0 aliphatic rings. The van der Waals surface area contributed by atoms with Crippen molar-refractivity contribution in [2.75, 3.05) is 6.61 Å². The Labute approximate surface area is 93.1 Å². The number of hydrogen-bond donors (Lipinski definition) is 1. The second-order valence-corrected chi connectivity index (χ2v) is 4.25. The van der Waals surface area contributed by atoms with E-state index < -0.39 is 21.0 Å². The van der Waals surface area contributed by atoms with Crippen molar-refractivity contribution in [2.24, 2.45) is 0 Å². The van der Waals surface area contributed by atoms with E-state index in [1.54, 1.807) is 0 Å². The fraction of sp³-hybridized carbons (Fsp3) is 0.100. The molecule has 1 N–H and O–H groups in total. The van der Waals surface area contributed by atoms with Crippen molar-refractivity contribution in [1.82, 2.24) is 0 Å². The average Bonchev–Trinajstić information content (AvgIpc) is 2.24. The van der Waals surface area contributed by atoms with E-state index >= 15 is 0 Å². The average molecular weight is 242 g/mol. The molecule has 0 aliphatic carbocycles. The van der Waals surface area contributed by atoms with Crippen LogP contribution in [0.5, 0.6) is 0 Å². The minimum atomic E-state index is -4.43. The summed E-state index contributed by atoms with van der Waals surface area (Å²) in [6.07, 6.45) is 1.36. The lowest BCUT2D eigenvalue weighted by Crippen LogP contribution is -2.11. The van der Waals surface area contributed by atoms with Crippen LogP contribution in [-0.2, 0) is 14.9 Å². The third-order valence-corrected chi connectivity index (χ3v) is 2.63. The van der Waals surface area contributed by atoms with E-state index in [9.17, 15) is 13.2 Å². The van der Waals surface area contributed by atoms with Gasteiger partial charge in [-0.15, -0.1) is 0 Å². The van der Waals surface area contributed by atoms with Gasteiger partial charge in [-0.1, -0.05) is 24.8 Å². The second-order valence-electron chi connectivity index (χ2n) is 2.86. The summed E-state index contributed by atoms with van der Waals surface area (Å²) in [6.45, 7) is 3.32. The van der Waals surface area contributed by atoms with Gasteiger partial charge in [-0.2, -0.15) is 8.42 Å². The van der Waals surface area contributed by atoms with Crippen LogP contribution in [0.25, 0.3) is 0 Å². The third kappa shape index (κ3) is 2.91. The summed E-state index contributed by atoms with van der Waals surface area (Å²) in [7, 11) is -4.43. The van der Waals surface area contributed by atoms with Crippen molar-refractivity contribution in [3.05, 3.63) is 42.5 Å². The molecule has 0 atom stereocenters. The summed E-state index contributed by atoms with van der Waals surface area (Å²) in [5.41, 5.74) is -0.202. The van der Waals surface area contributed by atoms with Crippen LogP contribution in [0, 0.1) is 0 Å². The van der Waals surface area contributed by atoms with Crippen molar-refractivity contribution in [1.29, 1.82) is 0 Å². The molecule has 6 heteroatoms. The van der Waals surface area contributed by atoms with Gasteiger partial charge in [0.25, 0.3) is 10.1 Å². The molecule has 0 heterocycles. The third-order valence-electron chi connectivity index (χ3n) is 1.72. The maximum atomic E-state index is 11.4. The topological polar surface area (TPSA) is 80.7 Å². The molecule has 0 unspecified atom stereocenters. The Bertz CT molecular complexity index is 504. The molecule has 1 aromatic carbocycles. The molecule has 0 saturated carbocycles. The number of ether oxygens (including phenoxy) is 1. The van der Waals surface area contributed by atoms with Crippen LogP contribution in [0.2, 0.25) is 0 Å². The molecule has 86 valence electrons. The molecule has 0 saturated heterocycles. The van der Waals surface area contributed by atoms with Crippen molar-refractivity contribution in [3.63, 3.8) is 0 Å². The molecule has 1 aromatic rings. The lowest BCUT2D eigenvalue weighted by atomic mass is 10.2. The zero-order valence-corrected chi connectivity index (χ0v) is 9.11. The maximum Gasteiger partial charge on any atom is 0.339 e. The van der Waals surface area contributed by atoms with Crippen LogP contribution in [0.4, 0.5) is 0 Å². The predicted molar refractivity (Wildman–Crippen MR) is 56.7 cm³/mol. The van der Waals surface area contributed by atoms with Crippen molar-refractivity contribution < 1.29 is 22.5 Å². The smallest absolute Gasteiger partial charge is 0.339 e. The van der Waals surface area contributed by atoms with E-state index in [0.29, 0.717) is 0 Å². The second kappa shape index (κ2) is 4.91. The van der Waals surface area contributed by atoms with Gasteiger partial charge < -0.3 is 4.74 Å². The van der Waals surface area contributed by atoms with Gasteiger partial charge in [-0.3, -0.25) is 4.55 Å². The number of carbonyl (C=O) groups excluding carboxylic acids is 1. The SMILES string of the molecule is C=CCOC(=O)c1ccccc1S(=O)(=O)O. The lowest BCUT2D eigenvalue weighted by molar-refractivity contribution is 0.0545. The molecule has 0 spiro atoms.